The summed E-state index contributed by atoms with van der Waals surface area (Å²) < 4.78 is 14.0. The Hall–Kier alpha value is -1.91. The Labute approximate surface area is 133 Å². The van der Waals surface area contributed by atoms with Gasteiger partial charge < -0.3 is 10.2 Å². The number of carbonyl (C=O) groups is 1. The first-order chi connectivity index (χ1) is 9.99. The smallest absolute Gasteiger partial charge is 0.321 e. The number of nitrogens with zero attached hydrogens (tertiary/aromatic N) is 2. The Morgan fingerprint density at radius 1 is 1.48 bits per heavy atom. The van der Waals surface area contributed by atoms with Crippen molar-refractivity contribution in [1.29, 1.82) is 5.26 Å². The number of anilines is 1. The summed E-state index contributed by atoms with van der Waals surface area (Å²) in [5.74, 6) is -0.513. The van der Waals surface area contributed by atoms with Crippen LogP contribution in [-0.2, 0) is 6.54 Å². The summed E-state index contributed by atoms with van der Waals surface area (Å²) in [4.78, 5) is 14.6. The lowest BCUT2D eigenvalue weighted by Crippen LogP contribution is -2.30. The van der Waals surface area contributed by atoms with Crippen LogP contribution in [0.15, 0.2) is 34.1 Å². The van der Waals surface area contributed by atoms with Crippen molar-refractivity contribution in [2.75, 3.05) is 12.4 Å². The van der Waals surface area contributed by atoms with Crippen LogP contribution in [0, 0.1) is 17.1 Å². The molecule has 2 rings (SSSR count). The van der Waals surface area contributed by atoms with Crippen LogP contribution in [0.3, 0.4) is 0 Å². The first-order valence-electron chi connectivity index (χ1n) is 5.95. The zero-order chi connectivity index (χ0) is 15.4. The minimum absolute atomic E-state index is 0.0932. The highest BCUT2D eigenvalue weighted by atomic mass is 79.9. The minimum Gasteiger partial charge on any atom is -0.322 e. The monoisotopic (exact) mass is 367 g/mol. The first-order valence-corrected chi connectivity index (χ1v) is 7.56. The summed E-state index contributed by atoms with van der Waals surface area (Å²) in [6.45, 7) is 0.450. The van der Waals surface area contributed by atoms with Crippen LogP contribution >= 0.6 is 27.3 Å². The van der Waals surface area contributed by atoms with E-state index >= 15 is 0 Å². The predicted molar refractivity (Wildman–Crippen MR) is 83.6 cm³/mol. The number of hydrogen-bond acceptors (Lipinski definition) is 3. The van der Waals surface area contributed by atoms with Crippen LogP contribution in [-0.4, -0.2) is 18.0 Å². The van der Waals surface area contributed by atoms with E-state index in [0.717, 1.165) is 14.7 Å². The van der Waals surface area contributed by atoms with E-state index < -0.39 is 5.82 Å². The molecule has 0 fully saturated rings. The molecule has 0 unspecified atom stereocenters. The number of amides is 2. The highest BCUT2D eigenvalue weighted by molar-refractivity contribution is 9.11. The molecule has 2 amide bonds. The van der Waals surface area contributed by atoms with E-state index in [1.165, 1.54) is 17.0 Å². The van der Waals surface area contributed by atoms with E-state index in [0.29, 0.717) is 12.2 Å². The van der Waals surface area contributed by atoms with E-state index in [1.807, 2.05) is 18.2 Å². The summed E-state index contributed by atoms with van der Waals surface area (Å²) in [5.41, 5.74) is 0.388. The summed E-state index contributed by atoms with van der Waals surface area (Å²) in [6, 6.07) is 9.01. The SMILES string of the molecule is CN(Cc1ccc(Br)s1)C(=O)Nc1ccc(F)cc1C#N. The third-order valence-electron chi connectivity index (χ3n) is 2.71. The van der Waals surface area contributed by atoms with Gasteiger partial charge in [0.15, 0.2) is 0 Å². The van der Waals surface area contributed by atoms with Crippen LogP contribution in [0.5, 0.6) is 0 Å². The fraction of sp³-hybridized carbons (Fsp3) is 0.143. The largest absolute Gasteiger partial charge is 0.322 e. The maximum Gasteiger partial charge on any atom is 0.321 e. The molecule has 1 aromatic carbocycles. The molecule has 0 saturated heterocycles. The molecule has 1 heterocycles. The molecule has 0 aliphatic carbocycles. The fourth-order valence-electron chi connectivity index (χ4n) is 1.67. The van der Waals surface area contributed by atoms with Crippen LogP contribution in [0.1, 0.15) is 10.4 Å². The van der Waals surface area contributed by atoms with Crippen molar-refractivity contribution in [1.82, 2.24) is 4.90 Å². The first kappa shape index (κ1) is 15.5. The highest BCUT2D eigenvalue weighted by Gasteiger charge is 2.13. The van der Waals surface area contributed by atoms with Crippen molar-refractivity contribution in [3.8, 4) is 6.07 Å². The molecule has 1 aromatic heterocycles. The van der Waals surface area contributed by atoms with Gasteiger partial charge in [-0.05, 0) is 46.3 Å². The number of halogens is 2. The number of benzene rings is 1. The average molecular weight is 368 g/mol. The number of nitrogens with one attached hydrogen (secondary N) is 1. The van der Waals surface area contributed by atoms with Crippen molar-refractivity contribution in [2.24, 2.45) is 0 Å². The number of nitriles is 1. The zero-order valence-electron chi connectivity index (χ0n) is 11.1. The molecule has 4 nitrogen and oxygen atoms in total. The molecule has 2 aromatic rings. The Kier molecular flexibility index (Phi) is 4.94. The number of carbonyl (C=O) groups excluding carboxylic acids is 1. The topological polar surface area (TPSA) is 56.1 Å². The van der Waals surface area contributed by atoms with Gasteiger partial charge in [0, 0.05) is 11.9 Å². The van der Waals surface area contributed by atoms with Gasteiger partial charge in [-0.25, -0.2) is 9.18 Å². The van der Waals surface area contributed by atoms with Gasteiger partial charge in [-0.2, -0.15) is 5.26 Å². The van der Waals surface area contributed by atoms with Gasteiger partial charge >= 0.3 is 6.03 Å². The normalized spacial score (nSPS) is 10.0. The van der Waals surface area contributed by atoms with E-state index in [1.54, 1.807) is 18.4 Å². The molecule has 1 N–H and O–H groups in total. The molecule has 0 bridgehead atoms. The van der Waals surface area contributed by atoms with Gasteiger partial charge in [0.2, 0.25) is 0 Å². The number of urea groups is 1. The maximum absolute atomic E-state index is 13.0. The van der Waals surface area contributed by atoms with Crippen molar-refractivity contribution in [3.63, 3.8) is 0 Å². The summed E-state index contributed by atoms with van der Waals surface area (Å²) in [6.07, 6.45) is 0. The van der Waals surface area contributed by atoms with E-state index in [2.05, 4.69) is 21.2 Å². The Bertz CT molecular complexity index is 710. The van der Waals surface area contributed by atoms with Crippen molar-refractivity contribution >= 4 is 39.0 Å². The summed E-state index contributed by atoms with van der Waals surface area (Å²) in [5, 5.41) is 11.6. The zero-order valence-corrected chi connectivity index (χ0v) is 13.5. The number of thiophene rings is 1. The van der Waals surface area contributed by atoms with E-state index in [4.69, 9.17) is 5.26 Å². The minimum atomic E-state index is -0.513. The average Bonchev–Trinajstić information content (AvgIpc) is 2.85. The van der Waals surface area contributed by atoms with Crippen molar-refractivity contribution in [2.45, 2.75) is 6.54 Å². The number of rotatable bonds is 3. The maximum atomic E-state index is 13.0. The van der Waals surface area contributed by atoms with Gasteiger partial charge in [0.1, 0.15) is 11.9 Å². The fourth-order valence-corrected chi connectivity index (χ4v) is 3.21. The molecule has 0 aliphatic rings. The molecule has 21 heavy (non-hydrogen) atoms. The number of hydrogen-bond donors (Lipinski definition) is 1. The van der Waals surface area contributed by atoms with Crippen LogP contribution in [0.4, 0.5) is 14.9 Å². The molecule has 0 saturated carbocycles. The lowest BCUT2D eigenvalue weighted by Gasteiger charge is -2.17. The Balaban J connectivity index is 2.06. The van der Waals surface area contributed by atoms with E-state index in [-0.39, 0.29) is 11.6 Å². The molecule has 0 radical (unpaired) electrons. The van der Waals surface area contributed by atoms with Gasteiger partial charge in [0.05, 0.1) is 21.6 Å². The van der Waals surface area contributed by atoms with Gasteiger partial charge in [-0.3, -0.25) is 0 Å². The molecule has 0 aliphatic heterocycles. The molecule has 0 atom stereocenters. The second kappa shape index (κ2) is 6.70. The lowest BCUT2D eigenvalue weighted by molar-refractivity contribution is 0.221. The highest BCUT2D eigenvalue weighted by Crippen LogP contribution is 2.23. The van der Waals surface area contributed by atoms with E-state index in [9.17, 15) is 9.18 Å². The quantitative estimate of drug-likeness (QED) is 0.884. The molecule has 0 spiro atoms. The van der Waals surface area contributed by atoms with Crippen LogP contribution in [0.2, 0.25) is 0 Å². The molecule has 7 heteroatoms. The molecule has 108 valence electrons. The predicted octanol–water partition coefficient (Wildman–Crippen LogP) is 4.19. The molecular formula is C14H11BrFN3OS. The third-order valence-corrected chi connectivity index (χ3v) is 4.32. The van der Waals surface area contributed by atoms with Crippen LogP contribution < -0.4 is 5.32 Å². The summed E-state index contributed by atoms with van der Waals surface area (Å²) >= 11 is 4.91. The van der Waals surface area contributed by atoms with Gasteiger partial charge in [-0.1, -0.05) is 0 Å². The Morgan fingerprint density at radius 2 is 2.24 bits per heavy atom. The second-order valence-electron chi connectivity index (χ2n) is 4.29. The standard InChI is InChI=1S/C14H11BrFN3OS/c1-19(8-11-3-5-13(15)21-11)14(20)18-12-4-2-10(16)6-9(12)7-17/h2-6H,8H2,1H3,(H,18,20). The molecular weight excluding hydrogens is 357 g/mol. The van der Waals surface area contributed by atoms with Crippen molar-refractivity contribution in [3.05, 3.63) is 50.4 Å². The lowest BCUT2D eigenvalue weighted by atomic mass is 10.2. The van der Waals surface area contributed by atoms with Gasteiger partial charge in [0.25, 0.3) is 0 Å². The second-order valence-corrected chi connectivity index (χ2v) is 6.84. The summed E-state index contributed by atoms with van der Waals surface area (Å²) in [7, 11) is 1.65. The van der Waals surface area contributed by atoms with Crippen molar-refractivity contribution < 1.29 is 9.18 Å². The Morgan fingerprint density at radius 3 is 2.86 bits per heavy atom. The van der Waals surface area contributed by atoms with Gasteiger partial charge in [-0.15, -0.1) is 11.3 Å². The van der Waals surface area contributed by atoms with Crippen LogP contribution in [0.25, 0.3) is 0 Å². The third kappa shape index (κ3) is 4.03.